The molecule has 7 nitrogen and oxygen atoms in total. The predicted molar refractivity (Wildman–Crippen MR) is 125 cm³/mol. The molecule has 2 fully saturated rings. The van der Waals surface area contributed by atoms with Crippen molar-refractivity contribution in [3.63, 3.8) is 0 Å². The van der Waals surface area contributed by atoms with Crippen LogP contribution in [0.3, 0.4) is 0 Å². The van der Waals surface area contributed by atoms with E-state index in [4.69, 9.17) is 17.3 Å². The molecular formula is C23H25ClFN5O2S. The van der Waals surface area contributed by atoms with Gasteiger partial charge < -0.3 is 5.73 Å². The second kappa shape index (κ2) is 7.66. The fourth-order valence-electron chi connectivity index (χ4n) is 4.97. The quantitative estimate of drug-likeness (QED) is 0.579. The van der Waals surface area contributed by atoms with E-state index in [1.807, 2.05) is 6.07 Å². The molecule has 33 heavy (non-hydrogen) atoms. The third-order valence-corrected chi connectivity index (χ3v) is 10.2. The van der Waals surface area contributed by atoms with Gasteiger partial charge >= 0.3 is 0 Å². The van der Waals surface area contributed by atoms with Crippen LogP contribution in [-0.2, 0) is 21.8 Å². The van der Waals surface area contributed by atoms with Crippen LogP contribution < -0.4 is 11.1 Å². The number of nitrogens with two attached hydrogens (primary N) is 1. The molecule has 0 amide bonds. The normalized spacial score (nSPS) is 29.3. The van der Waals surface area contributed by atoms with Gasteiger partial charge in [0.25, 0.3) is 0 Å². The third-order valence-electron chi connectivity index (χ3n) is 7.12. The van der Waals surface area contributed by atoms with Gasteiger partial charge in [-0.2, -0.15) is 0 Å². The summed E-state index contributed by atoms with van der Waals surface area (Å²) in [5.41, 5.74) is 7.30. The maximum Gasteiger partial charge on any atom is 0.160 e. The van der Waals surface area contributed by atoms with Crippen molar-refractivity contribution in [3.05, 3.63) is 64.6 Å². The first-order valence-electron chi connectivity index (χ1n) is 10.8. The van der Waals surface area contributed by atoms with Gasteiger partial charge in [-0.05, 0) is 50.8 Å². The molecule has 0 radical (unpaired) electrons. The first kappa shape index (κ1) is 22.6. The molecule has 174 valence electrons. The Morgan fingerprint density at radius 1 is 1.21 bits per heavy atom. The molecule has 0 aromatic carbocycles. The Kier molecular flexibility index (Phi) is 5.24. The number of sulfone groups is 1. The topological polar surface area (TPSA) is 111 Å². The number of nitrogens with one attached hydrogen (secondary N) is 1. The highest BCUT2D eigenvalue weighted by molar-refractivity contribution is 7.93. The Morgan fingerprint density at radius 2 is 1.97 bits per heavy atom. The van der Waals surface area contributed by atoms with E-state index in [0.717, 1.165) is 24.4 Å². The molecule has 2 aliphatic rings. The van der Waals surface area contributed by atoms with E-state index in [-0.39, 0.29) is 17.2 Å². The summed E-state index contributed by atoms with van der Waals surface area (Å²) in [5, 5.41) is 4.59. The lowest BCUT2D eigenvalue weighted by Gasteiger charge is -2.48. The Labute approximate surface area is 196 Å². The summed E-state index contributed by atoms with van der Waals surface area (Å²) in [6.07, 6.45) is 5.51. The minimum Gasteiger partial charge on any atom is -0.315 e. The van der Waals surface area contributed by atoms with Gasteiger partial charge in [0.2, 0.25) is 0 Å². The zero-order chi connectivity index (χ0) is 23.6. The lowest BCUT2D eigenvalue weighted by Crippen LogP contribution is -2.71. The molecule has 3 N–H and O–H groups in total. The van der Waals surface area contributed by atoms with E-state index in [1.54, 1.807) is 38.4 Å². The highest BCUT2D eigenvalue weighted by Crippen LogP contribution is 2.49. The van der Waals surface area contributed by atoms with Crippen LogP contribution in [0.15, 0.2) is 36.8 Å². The fourth-order valence-corrected chi connectivity index (χ4v) is 7.64. The van der Waals surface area contributed by atoms with Crippen molar-refractivity contribution in [2.24, 2.45) is 11.7 Å². The number of rotatable bonds is 4. The zero-order valence-corrected chi connectivity index (χ0v) is 19.9. The van der Waals surface area contributed by atoms with Gasteiger partial charge in [-0.1, -0.05) is 11.6 Å². The molecule has 0 spiro atoms. The van der Waals surface area contributed by atoms with E-state index in [1.165, 1.54) is 0 Å². The monoisotopic (exact) mass is 489 g/mol. The van der Waals surface area contributed by atoms with Gasteiger partial charge in [-0.25, -0.2) is 12.8 Å². The molecule has 1 aliphatic carbocycles. The number of aromatic nitrogens is 3. The molecule has 1 unspecified atom stereocenters. The molecule has 0 bridgehead atoms. The van der Waals surface area contributed by atoms with Crippen LogP contribution in [-0.4, -0.2) is 40.0 Å². The molecule has 3 aromatic rings. The Morgan fingerprint density at radius 3 is 2.67 bits per heavy atom. The number of hydrogen-bond acceptors (Lipinski definition) is 7. The molecular weight excluding hydrogens is 465 g/mol. The van der Waals surface area contributed by atoms with Crippen molar-refractivity contribution in [2.45, 2.75) is 49.6 Å². The van der Waals surface area contributed by atoms with Gasteiger partial charge in [-0.15, -0.1) is 0 Å². The average Bonchev–Trinajstić information content (AvgIpc) is 3.58. The zero-order valence-electron chi connectivity index (χ0n) is 18.3. The lowest BCUT2D eigenvalue weighted by atomic mass is 9.90. The van der Waals surface area contributed by atoms with Crippen molar-refractivity contribution in [3.8, 4) is 0 Å². The van der Waals surface area contributed by atoms with E-state index < -0.39 is 32.1 Å². The van der Waals surface area contributed by atoms with E-state index in [2.05, 4.69) is 20.3 Å². The first-order valence-corrected chi connectivity index (χ1v) is 12.9. The predicted octanol–water partition coefficient (Wildman–Crippen LogP) is 3.09. The summed E-state index contributed by atoms with van der Waals surface area (Å²) in [6.45, 7) is 3.38. The SMILES string of the molecule is C[C@]1(C2CC2)C(N)N[C@](C)(c2cc(Cc3nccc4cc(Cl)cnc34)ncc2F)CS1(=O)=O. The van der Waals surface area contributed by atoms with Crippen molar-refractivity contribution in [1.29, 1.82) is 0 Å². The molecule has 1 saturated carbocycles. The second-order valence-corrected chi connectivity index (χ2v) is 12.3. The van der Waals surface area contributed by atoms with Crippen molar-refractivity contribution < 1.29 is 12.8 Å². The van der Waals surface area contributed by atoms with Crippen LogP contribution in [0.5, 0.6) is 0 Å². The van der Waals surface area contributed by atoms with Crippen molar-refractivity contribution >= 4 is 32.3 Å². The van der Waals surface area contributed by atoms with Gasteiger partial charge in [0.15, 0.2) is 9.84 Å². The molecule has 4 heterocycles. The van der Waals surface area contributed by atoms with E-state index in [0.29, 0.717) is 28.3 Å². The minimum atomic E-state index is -3.60. The fraction of sp³-hybridized carbons (Fsp3) is 0.435. The maximum atomic E-state index is 15.0. The van der Waals surface area contributed by atoms with Crippen LogP contribution in [0.25, 0.3) is 10.9 Å². The number of fused-ring (bicyclic) bond motifs is 1. The Bertz CT molecular complexity index is 1370. The van der Waals surface area contributed by atoms with Crippen LogP contribution in [0, 0.1) is 11.7 Å². The average molecular weight is 490 g/mol. The van der Waals surface area contributed by atoms with E-state index >= 15 is 0 Å². The summed E-state index contributed by atoms with van der Waals surface area (Å²) < 4.78 is 40.7. The summed E-state index contributed by atoms with van der Waals surface area (Å²) in [5.74, 6) is -0.791. The molecule has 3 atom stereocenters. The van der Waals surface area contributed by atoms with Crippen LogP contribution >= 0.6 is 11.6 Å². The van der Waals surface area contributed by atoms with Crippen LogP contribution in [0.2, 0.25) is 5.02 Å². The summed E-state index contributed by atoms with van der Waals surface area (Å²) in [7, 11) is -3.60. The van der Waals surface area contributed by atoms with Crippen LogP contribution in [0.4, 0.5) is 4.39 Å². The first-order chi connectivity index (χ1) is 15.5. The van der Waals surface area contributed by atoms with Gasteiger partial charge in [0, 0.05) is 35.5 Å². The molecule has 1 aliphatic heterocycles. The van der Waals surface area contributed by atoms with Crippen molar-refractivity contribution in [2.75, 3.05) is 5.75 Å². The maximum absolute atomic E-state index is 15.0. The van der Waals surface area contributed by atoms with Crippen LogP contribution in [0.1, 0.15) is 43.6 Å². The highest BCUT2D eigenvalue weighted by atomic mass is 35.5. The number of pyridine rings is 3. The smallest absolute Gasteiger partial charge is 0.160 e. The Hall–Kier alpha value is -2.20. The molecule has 1 saturated heterocycles. The molecule has 10 heteroatoms. The van der Waals surface area contributed by atoms with Gasteiger partial charge in [0.05, 0.1) is 39.9 Å². The Balaban J connectivity index is 1.51. The molecule has 5 rings (SSSR count). The number of hydrogen-bond donors (Lipinski definition) is 2. The third kappa shape index (κ3) is 3.71. The number of nitrogens with zero attached hydrogens (tertiary/aromatic N) is 3. The highest BCUT2D eigenvalue weighted by Gasteiger charge is 2.60. The summed E-state index contributed by atoms with van der Waals surface area (Å²) in [6, 6.07) is 5.22. The summed E-state index contributed by atoms with van der Waals surface area (Å²) >= 11 is 6.05. The van der Waals surface area contributed by atoms with E-state index in [9.17, 15) is 12.8 Å². The molecule has 3 aromatic heterocycles. The number of halogens is 2. The van der Waals surface area contributed by atoms with Gasteiger partial charge in [0.1, 0.15) is 10.6 Å². The van der Waals surface area contributed by atoms with Crippen molar-refractivity contribution in [1.82, 2.24) is 20.3 Å². The standard InChI is InChI=1S/C23H25ClFN5O2S/c1-22(12-33(31,32)23(2,14-3-4-14)21(26)30-22)17-8-16(28-11-18(17)25)9-19-20-13(5-6-27-19)7-15(24)10-29-20/h5-8,10-11,14,21,30H,3-4,9,12,26H2,1-2H3/t21?,22-,23-/m0/s1. The second-order valence-electron chi connectivity index (χ2n) is 9.49. The minimum absolute atomic E-state index is 0.0332. The summed E-state index contributed by atoms with van der Waals surface area (Å²) in [4.78, 5) is 13.0. The largest absolute Gasteiger partial charge is 0.315 e. The lowest BCUT2D eigenvalue weighted by molar-refractivity contribution is 0.248. The van der Waals surface area contributed by atoms with Gasteiger partial charge in [-0.3, -0.25) is 20.3 Å².